The molecule has 0 spiro atoms. The minimum Gasteiger partial charge on any atom is -0.456 e. The zero-order valence-corrected chi connectivity index (χ0v) is 28.1. The summed E-state index contributed by atoms with van der Waals surface area (Å²) in [7, 11) is 0. The summed E-state index contributed by atoms with van der Waals surface area (Å²) in [5, 5.41) is 6.71. The van der Waals surface area contributed by atoms with Crippen LogP contribution in [0.1, 0.15) is 12.5 Å². The number of fused-ring (bicyclic) bond motifs is 9. The second kappa shape index (κ2) is 12.6. The molecule has 9 rings (SSSR count). The molecular weight excluding hydrogens is 627 g/mol. The Labute approximate surface area is 294 Å². The summed E-state index contributed by atoms with van der Waals surface area (Å²) in [6, 6.07) is 43.9. The molecule has 0 fully saturated rings. The summed E-state index contributed by atoms with van der Waals surface area (Å²) >= 11 is 0. The maximum atomic E-state index is 6.39. The van der Waals surface area contributed by atoms with Gasteiger partial charge in [0.05, 0.1) is 17.6 Å². The molecule has 0 aliphatic heterocycles. The van der Waals surface area contributed by atoms with Crippen LogP contribution in [0.3, 0.4) is 0 Å². The molecule has 0 saturated heterocycles. The topological polar surface area (TPSA) is 55.9 Å². The molecule has 5 nitrogen and oxygen atoms in total. The molecule has 0 aliphatic rings. The van der Waals surface area contributed by atoms with Crippen LogP contribution in [0.2, 0.25) is 0 Å². The number of amidine groups is 1. The number of nitrogens with zero attached hydrogens (tertiary/aromatic N) is 3. The average molecular weight is 660 g/mol. The molecule has 51 heavy (non-hydrogen) atoms. The standard InChI is InChI=1S/C46H33N3O2/c1-3-31(15-5-4-12-28-48-46(47-2)37-21-14-25-43-44(37)36-18-8-11-24-42(36)50-43)49-39-22-9-6-16-33(39)38-29-30(26-27-40(38)49)32-19-13-20-35-34-17-7-10-23-41(34)51-45(32)35/h3-27,29H,2,28H2,1H3/b12-4+,15-5-,31-3+,48-46-. The lowest BCUT2D eigenvalue weighted by molar-refractivity contribution is 0.669. The van der Waals surface area contributed by atoms with Crippen LogP contribution in [-0.4, -0.2) is 23.7 Å². The van der Waals surface area contributed by atoms with Crippen molar-refractivity contribution in [3.8, 4) is 11.1 Å². The highest BCUT2D eigenvalue weighted by atomic mass is 16.3. The van der Waals surface area contributed by atoms with E-state index in [0.29, 0.717) is 12.4 Å². The van der Waals surface area contributed by atoms with Gasteiger partial charge in [-0.2, -0.15) is 0 Å². The number of benzene rings is 6. The third kappa shape index (κ3) is 5.10. The molecule has 0 atom stereocenters. The first-order valence-electron chi connectivity index (χ1n) is 17.1. The lowest BCUT2D eigenvalue weighted by atomic mass is 10.0. The normalized spacial score (nSPS) is 13.0. The van der Waals surface area contributed by atoms with Crippen LogP contribution < -0.4 is 0 Å². The van der Waals surface area contributed by atoms with Crippen molar-refractivity contribution >= 4 is 83.9 Å². The minimum atomic E-state index is 0.464. The van der Waals surface area contributed by atoms with Crippen LogP contribution in [0.15, 0.2) is 177 Å². The van der Waals surface area contributed by atoms with Gasteiger partial charge in [-0.3, -0.25) is 4.99 Å². The number of aromatic nitrogens is 1. The van der Waals surface area contributed by atoms with Gasteiger partial charge in [0.25, 0.3) is 0 Å². The van der Waals surface area contributed by atoms with E-state index in [1.807, 2.05) is 60.7 Å². The number of rotatable bonds is 7. The minimum absolute atomic E-state index is 0.464. The van der Waals surface area contributed by atoms with E-state index >= 15 is 0 Å². The van der Waals surface area contributed by atoms with Crippen LogP contribution in [-0.2, 0) is 0 Å². The maximum absolute atomic E-state index is 6.39. The summed E-state index contributed by atoms with van der Waals surface area (Å²) in [6.07, 6.45) is 10.4. The zero-order chi connectivity index (χ0) is 34.3. The quantitative estimate of drug-likeness (QED) is 0.0971. The second-order valence-corrected chi connectivity index (χ2v) is 12.5. The van der Waals surface area contributed by atoms with Gasteiger partial charge in [0.1, 0.15) is 22.3 Å². The Morgan fingerprint density at radius 1 is 0.667 bits per heavy atom. The molecule has 3 heterocycles. The van der Waals surface area contributed by atoms with Crippen molar-refractivity contribution < 1.29 is 8.83 Å². The van der Waals surface area contributed by atoms with Crippen LogP contribution >= 0.6 is 0 Å². The highest BCUT2D eigenvalue weighted by Gasteiger charge is 2.17. The molecule has 0 saturated carbocycles. The summed E-state index contributed by atoms with van der Waals surface area (Å²) < 4.78 is 14.8. The fourth-order valence-electron chi connectivity index (χ4n) is 7.31. The molecule has 0 radical (unpaired) electrons. The number of para-hydroxylation sites is 4. The van der Waals surface area contributed by atoms with Crippen LogP contribution in [0.5, 0.6) is 0 Å². The molecule has 0 N–H and O–H groups in total. The number of furan rings is 2. The lowest BCUT2D eigenvalue weighted by Gasteiger charge is -2.09. The first-order chi connectivity index (χ1) is 25.2. The molecule has 0 unspecified atom stereocenters. The smallest absolute Gasteiger partial charge is 0.155 e. The Hall–Kier alpha value is -6.72. The van der Waals surface area contributed by atoms with Crippen molar-refractivity contribution in [3.63, 3.8) is 0 Å². The molecular formula is C46H33N3O2. The van der Waals surface area contributed by atoms with Gasteiger partial charge in [-0.15, -0.1) is 0 Å². The third-order valence-corrected chi connectivity index (χ3v) is 9.60. The number of hydrogen-bond acceptors (Lipinski definition) is 3. The molecule has 6 aromatic carbocycles. The molecule has 3 aromatic heterocycles. The van der Waals surface area contributed by atoms with E-state index in [1.54, 1.807) is 0 Å². The van der Waals surface area contributed by atoms with E-state index in [2.05, 4.69) is 120 Å². The fraction of sp³-hybridized carbons (Fsp3) is 0.0435. The van der Waals surface area contributed by atoms with E-state index in [0.717, 1.165) is 77.3 Å². The monoisotopic (exact) mass is 659 g/mol. The van der Waals surface area contributed by atoms with Crippen molar-refractivity contribution in [2.24, 2.45) is 9.98 Å². The third-order valence-electron chi connectivity index (χ3n) is 9.60. The Bertz CT molecular complexity index is 2930. The summed E-state index contributed by atoms with van der Waals surface area (Å²) in [5.74, 6) is 0.594. The molecule has 5 heteroatoms. The Morgan fingerprint density at radius 2 is 1.37 bits per heavy atom. The van der Waals surface area contributed by atoms with Gasteiger partial charge in [0, 0.05) is 49.1 Å². The van der Waals surface area contributed by atoms with Crippen molar-refractivity contribution in [1.29, 1.82) is 0 Å². The molecule has 0 amide bonds. The highest BCUT2D eigenvalue weighted by molar-refractivity contribution is 6.19. The van der Waals surface area contributed by atoms with Gasteiger partial charge < -0.3 is 13.4 Å². The van der Waals surface area contributed by atoms with Gasteiger partial charge in [0.15, 0.2) is 5.84 Å². The number of hydrogen-bond donors (Lipinski definition) is 0. The first-order valence-corrected chi connectivity index (χ1v) is 17.1. The highest BCUT2D eigenvalue weighted by Crippen LogP contribution is 2.39. The van der Waals surface area contributed by atoms with Crippen LogP contribution in [0.25, 0.3) is 82.5 Å². The van der Waals surface area contributed by atoms with E-state index < -0.39 is 0 Å². The zero-order valence-electron chi connectivity index (χ0n) is 28.1. The van der Waals surface area contributed by atoms with Gasteiger partial charge in [-0.25, -0.2) is 4.99 Å². The van der Waals surface area contributed by atoms with Crippen LogP contribution in [0.4, 0.5) is 0 Å². The van der Waals surface area contributed by atoms with Gasteiger partial charge >= 0.3 is 0 Å². The Balaban J connectivity index is 1.02. The number of allylic oxidation sites excluding steroid dienone is 5. The molecule has 9 aromatic rings. The van der Waals surface area contributed by atoms with Crippen molar-refractivity contribution in [1.82, 2.24) is 4.57 Å². The molecule has 244 valence electrons. The molecule has 0 bridgehead atoms. The van der Waals surface area contributed by atoms with Crippen LogP contribution in [0, 0.1) is 0 Å². The van der Waals surface area contributed by atoms with E-state index in [1.165, 1.54) is 10.8 Å². The first kappa shape index (κ1) is 30.3. The van der Waals surface area contributed by atoms with Gasteiger partial charge in [-0.05, 0) is 61.7 Å². The maximum Gasteiger partial charge on any atom is 0.155 e. The second-order valence-electron chi connectivity index (χ2n) is 12.5. The van der Waals surface area contributed by atoms with E-state index in [9.17, 15) is 0 Å². The lowest BCUT2D eigenvalue weighted by Crippen LogP contribution is -1.98. The number of aliphatic imine (C=N–C) groups is 2. The predicted octanol–water partition coefficient (Wildman–Crippen LogP) is 12.4. The van der Waals surface area contributed by atoms with Gasteiger partial charge in [-0.1, -0.05) is 115 Å². The predicted molar refractivity (Wildman–Crippen MR) is 215 cm³/mol. The van der Waals surface area contributed by atoms with Crippen molar-refractivity contribution in [2.45, 2.75) is 6.92 Å². The molecule has 0 aliphatic carbocycles. The average Bonchev–Trinajstić information content (AvgIpc) is 3.86. The van der Waals surface area contributed by atoms with Crippen molar-refractivity contribution in [3.05, 3.63) is 163 Å². The fourth-order valence-corrected chi connectivity index (χ4v) is 7.31. The summed E-state index contributed by atoms with van der Waals surface area (Å²) in [5.41, 5.74) is 9.98. The Kier molecular flexibility index (Phi) is 7.51. The van der Waals surface area contributed by atoms with E-state index in [4.69, 9.17) is 13.8 Å². The SMILES string of the molecule is C=N/C(=N\C/C=C/C=C\C(=C/C)n1c2ccccc2c2cc(-c3cccc4c3oc3ccccc34)ccc21)c1cccc2oc3ccccc3c12. The Morgan fingerprint density at radius 3 is 2.22 bits per heavy atom. The van der Waals surface area contributed by atoms with Crippen molar-refractivity contribution in [2.75, 3.05) is 6.54 Å². The largest absolute Gasteiger partial charge is 0.456 e. The summed E-state index contributed by atoms with van der Waals surface area (Å²) in [6.45, 7) is 6.36. The van der Waals surface area contributed by atoms with E-state index in [-0.39, 0.29) is 0 Å². The van der Waals surface area contributed by atoms with Gasteiger partial charge in [0.2, 0.25) is 0 Å². The summed E-state index contributed by atoms with van der Waals surface area (Å²) in [4.78, 5) is 9.07.